The molecule has 2 atom stereocenters. The number of carbonyl (C=O) groups is 1. The molecule has 0 bridgehead atoms. The van der Waals surface area contributed by atoms with Crippen LogP contribution in [-0.4, -0.2) is 40.4 Å². The third kappa shape index (κ3) is 2.49. The normalized spacial score (nSPS) is 25.9. The summed E-state index contributed by atoms with van der Waals surface area (Å²) < 4.78 is 0. The standard InChI is InChI=1S/C15H22N4O/c1-16-14-10-17-9-12(18-14)15(20)19-8-4-6-11-5-2-3-7-13(11)19/h9-11,13H,2-8H2,1H3,(H,16,18). The highest BCUT2D eigenvalue weighted by Crippen LogP contribution is 2.35. The highest BCUT2D eigenvalue weighted by molar-refractivity contribution is 5.92. The van der Waals surface area contributed by atoms with Gasteiger partial charge in [-0.1, -0.05) is 12.8 Å². The second kappa shape index (κ2) is 5.77. The summed E-state index contributed by atoms with van der Waals surface area (Å²) in [6, 6.07) is 0.421. The molecule has 0 radical (unpaired) electrons. The minimum absolute atomic E-state index is 0.0474. The molecular weight excluding hydrogens is 252 g/mol. The van der Waals surface area contributed by atoms with Crippen molar-refractivity contribution in [2.45, 2.75) is 44.6 Å². The van der Waals surface area contributed by atoms with Gasteiger partial charge in [-0.3, -0.25) is 9.78 Å². The number of hydrogen-bond acceptors (Lipinski definition) is 4. The van der Waals surface area contributed by atoms with E-state index in [1.165, 1.54) is 25.7 Å². The number of hydrogen-bond donors (Lipinski definition) is 1. The summed E-state index contributed by atoms with van der Waals surface area (Å²) in [5.74, 6) is 1.39. The largest absolute Gasteiger partial charge is 0.372 e. The van der Waals surface area contributed by atoms with Gasteiger partial charge in [0.05, 0.1) is 12.4 Å². The van der Waals surface area contributed by atoms with Crippen molar-refractivity contribution < 1.29 is 4.79 Å². The van der Waals surface area contributed by atoms with Crippen LogP contribution in [-0.2, 0) is 0 Å². The molecule has 0 aromatic carbocycles. The Balaban J connectivity index is 1.81. The van der Waals surface area contributed by atoms with E-state index >= 15 is 0 Å². The molecule has 1 saturated carbocycles. The lowest BCUT2D eigenvalue weighted by molar-refractivity contribution is 0.0385. The lowest BCUT2D eigenvalue weighted by atomic mass is 9.78. The van der Waals surface area contributed by atoms with E-state index in [9.17, 15) is 4.79 Å². The van der Waals surface area contributed by atoms with Crippen LogP contribution in [0.15, 0.2) is 12.4 Å². The molecule has 5 nitrogen and oxygen atoms in total. The van der Waals surface area contributed by atoms with Gasteiger partial charge in [-0.05, 0) is 31.6 Å². The Morgan fingerprint density at radius 1 is 1.25 bits per heavy atom. The molecule has 1 aromatic heterocycles. The van der Waals surface area contributed by atoms with Crippen LogP contribution < -0.4 is 5.32 Å². The Bertz CT molecular complexity index is 489. The zero-order valence-electron chi connectivity index (χ0n) is 12.0. The third-order valence-electron chi connectivity index (χ3n) is 4.61. The van der Waals surface area contributed by atoms with E-state index in [0.29, 0.717) is 23.5 Å². The number of nitrogens with zero attached hydrogens (tertiary/aromatic N) is 3. The maximum Gasteiger partial charge on any atom is 0.274 e. The van der Waals surface area contributed by atoms with E-state index in [1.54, 1.807) is 19.4 Å². The molecule has 1 amide bonds. The van der Waals surface area contributed by atoms with E-state index in [-0.39, 0.29) is 5.91 Å². The highest BCUT2D eigenvalue weighted by atomic mass is 16.2. The minimum atomic E-state index is 0.0474. The van der Waals surface area contributed by atoms with Crippen molar-refractivity contribution in [1.29, 1.82) is 0 Å². The lowest BCUT2D eigenvalue weighted by Gasteiger charge is -2.44. The van der Waals surface area contributed by atoms with Gasteiger partial charge in [0.2, 0.25) is 0 Å². The number of carbonyl (C=O) groups excluding carboxylic acids is 1. The number of nitrogens with one attached hydrogen (secondary N) is 1. The SMILES string of the molecule is CNc1cncc(C(=O)N2CCCC3CCCCC32)n1. The molecule has 108 valence electrons. The van der Waals surface area contributed by atoms with E-state index in [2.05, 4.69) is 20.2 Å². The maximum absolute atomic E-state index is 12.7. The van der Waals surface area contributed by atoms with Crippen molar-refractivity contribution in [2.24, 2.45) is 5.92 Å². The second-order valence-electron chi connectivity index (χ2n) is 5.79. The summed E-state index contributed by atoms with van der Waals surface area (Å²) in [5, 5.41) is 2.94. The van der Waals surface area contributed by atoms with Gasteiger partial charge in [0.1, 0.15) is 11.5 Å². The van der Waals surface area contributed by atoms with Crippen molar-refractivity contribution >= 4 is 11.7 Å². The van der Waals surface area contributed by atoms with Crippen LogP contribution in [0.25, 0.3) is 0 Å². The molecule has 1 aliphatic carbocycles. The Kier molecular flexibility index (Phi) is 3.85. The zero-order valence-corrected chi connectivity index (χ0v) is 12.0. The molecule has 2 unspecified atom stereocenters. The molecule has 1 saturated heterocycles. The highest BCUT2D eigenvalue weighted by Gasteiger charge is 2.36. The van der Waals surface area contributed by atoms with Gasteiger partial charge < -0.3 is 10.2 Å². The Morgan fingerprint density at radius 3 is 2.90 bits per heavy atom. The molecule has 5 heteroatoms. The molecule has 20 heavy (non-hydrogen) atoms. The number of likely N-dealkylation sites (tertiary alicyclic amines) is 1. The molecule has 1 N–H and O–H groups in total. The maximum atomic E-state index is 12.7. The average molecular weight is 274 g/mol. The quantitative estimate of drug-likeness (QED) is 0.899. The van der Waals surface area contributed by atoms with E-state index in [1.807, 2.05) is 0 Å². The average Bonchev–Trinajstić information content (AvgIpc) is 2.53. The lowest BCUT2D eigenvalue weighted by Crippen LogP contribution is -2.49. The minimum Gasteiger partial charge on any atom is -0.372 e. The summed E-state index contributed by atoms with van der Waals surface area (Å²) in [7, 11) is 1.79. The molecule has 0 spiro atoms. The number of fused-ring (bicyclic) bond motifs is 1. The van der Waals surface area contributed by atoms with Gasteiger partial charge in [0.25, 0.3) is 5.91 Å². The Labute approximate surface area is 119 Å². The zero-order chi connectivity index (χ0) is 13.9. The van der Waals surface area contributed by atoms with E-state index in [4.69, 9.17) is 0 Å². The number of piperidine rings is 1. The number of anilines is 1. The van der Waals surface area contributed by atoms with Gasteiger partial charge >= 0.3 is 0 Å². The van der Waals surface area contributed by atoms with Crippen molar-refractivity contribution in [3.8, 4) is 0 Å². The van der Waals surface area contributed by atoms with Crippen LogP contribution in [0.3, 0.4) is 0 Å². The van der Waals surface area contributed by atoms with Crippen LogP contribution in [0.4, 0.5) is 5.82 Å². The van der Waals surface area contributed by atoms with E-state index < -0.39 is 0 Å². The van der Waals surface area contributed by atoms with Crippen molar-refractivity contribution in [3.63, 3.8) is 0 Å². The fourth-order valence-corrected chi connectivity index (χ4v) is 3.61. The smallest absolute Gasteiger partial charge is 0.274 e. The summed E-state index contributed by atoms with van der Waals surface area (Å²) in [4.78, 5) is 23.2. The Morgan fingerprint density at radius 2 is 2.05 bits per heavy atom. The third-order valence-corrected chi connectivity index (χ3v) is 4.61. The van der Waals surface area contributed by atoms with Crippen molar-refractivity contribution in [2.75, 3.05) is 18.9 Å². The van der Waals surface area contributed by atoms with Gasteiger partial charge in [-0.25, -0.2) is 4.98 Å². The molecule has 2 heterocycles. The first kappa shape index (κ1) is 13.3. The van der Waals surface area contributed by atoms with Crippen LogP contribution in [0.1, 0.15) is 49.0 Å². The predicted octanol–water partition coefficient (Wildman–Crippen LogP) is 2.31. The first-order valence-electron chi connectivity index (χ1n) is 7.60. The second-order valence-corrected chi connectivity index (χ2v) is 5.79. The number of amides is 1. The van der Waals surface area contributed by atoms with Crippen molar-refractivity contribution in [3.05, 3.63) is 18.1 Å². The summed E-state index contributed by atoms with van der Waals surface area (Å²) in [6.07, 6.45) is 10.6. The van der Waals surface area contributed by atoms with Gasteiger partial charge in [0.15, 0.2) is 0 Å². The van der Waals surface area contributed by atoms with Gasteiger partial charge in [-0.2, -0.15) is 0 Å². The number of rotatable bonds is 2. The van der Waals surface area contributed by atoms with Crippen LogP contribution >= 0.6 is 0 Å². The first-order valence-corrected chi connectivity index (χ1v) is 7.60. The molecule has 3 rings (SSSR count). The Hall–Kier alpha value is -1.65. The van der Waals surface area contributed by atoms with Crippen molar-refractivity contribution in [1.82, 2.24) is 14.9 Å². The topological polar surface area (TPSA) is 58.1 Å². The summed E-state index contributed by atoms with van der Waals surface area (Å²) >= 11 is 0. The van der Waals surface area contributed by atoms with Gasteiger partial charge in [0, 0.05) is 19.6 Å². The summed E-state index contributed by atoms with van der Waals surface area (Å²) in [5.41, 5.74) is 0.461. The predicted molar refractivity (Wildman–Crippen MR) is 77.6 cm³/mol. The first-order chi connectivity index (χ1) is 9.79. The van der Waals surface area contributed by atoms with Crippen LogP contribution in [0.5, 0.6) is 0 Å². The fraction of sp³-hybridized carbons (Fsp3) is 0.667. The molecule has 2 aliphatic rings. The van der Waals surface area contributed by atoms with E-state index in [0.717, 1.165) is 19.4 Å². The molecule has 2 fully saturated rings. The molecular formula is C15H22N4O. The fourth-order valence-electron chi connectivity index (χ4n) is 3.61. The molecule has 1 aromatic rings. The monoisotopic (exact) mass is 274 g/mol. The summed E-state index contributed by atoms with van der Waals surface area (Å²) in [6.45, 7) is 0.867. The van der Waals surface area contributed by atoms with Crippen LogP contribution in [0.2, 0.25) is 0 Å². The number of aromatic nitrogens is 2. The van der Waals surface area contributed by atoms with Crippen LogP contribution in [0, 0.1) is 5.92 Å². The van der Waals surface area contributed by atoms with Gasteiger partial charge in [-0.15, -0.1) is 0 Å². The molecule has 1 aliphatic heterocycles.